The minimum atomic E-state index is 1.10. The summed E-state index contributed by atoms with van der Waals surface area (Å²) >= 11 is 0. The average Bonchev–Trinajstić information content (AvgIpc) is 1.16. The first-order valence-electron chi connectivity index (χ1n) is 41.9. The Morgan fingerprint density at radius 2 is 0.311 bits per heavy atom. The summed E-state index contributed by atoms with van der Waals surface area (Å²) in [4.78, 5) is 4.68. The van der Waals surface area contributed by atoms with Gasteiger partial charge in [-0.05, 0) is 254 Å². The molecule has 0 saturated heterocycles. The van der Waals surface area contributed by atoms with Crippen LogP contribution in [-0.4, -0.2) is 9.13 Å². The van der Waals surface area contributed by atoms with Crippen LogP contribution >= 0.6 is 0 Å². The van der Waals surface area contributed by atoms with Crippen LogP contribution in [0, 0.1) is 0 Å². The van der Waals surface area contributed by atoms with Crippen LogP contribution in [0.3, 0.4) is 0 Å². The molecule has 572 valence electrons. The van der Waals surface area contributed by atoms with Crippen molar-refractivity contribution in [3.63, 3.8) is 0 Å². The highest BCUT2D eigenvalue weighted by Gasteiger charge is 2.23. The summed E-state index contributed by atoms with van der Waals surface area (Å²) < 4.78 is 4.73. The van der Waals surface area contributed by atoms with Gasteiger partial charge in [0.05, 0.1) is 22.1 Å². The van der Waals surface area contributed by atoms with Gasteiger partial charge in [-0.2, -0.15) is 0 Å². The SMILES string of the molecule is c1ccc(-c2c3ccccc3c(-c3ccc(-c4ccc(N(c5ccccc5)c5ccc(-c6ccc7c(c6)c6ccccc6n7-c6ccccc6)cc5)cc4)cc3)c3ccccc23)cc1.c1ccc(-c2c3ccccc3c(-c3ccc(N(c4ccccc4)c4ccc(-c5ccc6c(c5)c5ccccc5n6-c5ccccc5)cc4)cc3)c3ccccc23)cc1. The molecular formula is C118H80N4. The van der Waals surface area contributed by atoms with Gasteiger partial charge in [0.1, 0.15) is 0 Å². The highest BCUT2D eigenvalue weighted by molar-refractivity contribution is 6.23. The lowest BCUT2D eigenvalue weighted by molar-refractivity contribution is 1.18. The molecular weight excluding hydrogens is 1470 g/mol. The molecule has 0 unspecified atom stereocenters. The lowest BCUT2D eigenvalue weighted by atomic mass is 9.86. The van der Waals surface area contributed by atoms with E-state index in [-0.39, 0.29) is 0 Å². The quantitative estimate of drug-likeness (QED) is 0.0951. The smallest absolute Gasteiger partial charge is 0.0541 e. The van der Waals surface area contributed by atoms with Crippen LogP contribution in [0.5, 0.6) is 0 Å². The first-order chi connectivity index (χ1) is 60.6. The average molecular weight is 1550 g/mol. The number of fused-ring (bicyclic) bond motifs is 10. The molecule has 0 bridgehead atoms. The van der Waals surface area contributed by atoms with Gasteiger partial charge in [-0.25, -0.2) is 0 Å². The summed E-state index contributed by atoms with van der Waals surface area (Å²) in [5, 5.41) is 15.1. The number of hydrogen-bond acceptors (Lipinski definition) is 2. The molecule has 2 heterocycles. The molecule has 4 heteroatoms. The van der Waals surface area contributed by atoms with Crippen LogP contribution in [0.4, 0.5) is 34.1 Å². The van der Waals surface area contributed by atoms with E-state index in [2.05, 4.69) is 504 Å². The Morgan fingerprint density at radius 3 is 0.607 bits per heavy atom. The molecule has 0 aliphatic heterocycles. The summed E-state index contributed by atoms with van der Waals surface area (Å²) in [6, 6.07) is 176. The molecule has 0 fully saturated rings. The van der Waals surface area contributed by atoms with Gasteiger partial charge in [0.15, 0.2) is 0 Å². The molecule has 0 radical (unpaired) electrons. The summed E-state index contributed by atoms with van der Waals surface area (Å²) in [7, 11) is 0. The van der Waals surface area contributed by atoms with Crippen LogP contribution in [0.2, 0.25) is 0 Å². The van der Waals surface area contributed by atoms with Crippen LogP contribution in [0.1, 0.15) is 0 Å². The molecule has 0 atom stereocenters. The highest BCUT2D eigenvalue weighted by atomic mass is 15.1. The van der Waals surface area contributed by atoms with Crippen LogP contribution in [0.25, 0.3) is 176 Å². The van der Waals surface area contributed by atoms with Crippen molar-refractivity contribution in [1.29, 1.82) is 0 Å². The number of para-hydroxylation sites is 6. The lowest BCUT2D eigenvalue weighted by Crippen LogP contribution is -2.09. The summed E-state index contributed by atoms with van der Waals surface area (Å²) in [5.74, 6) is 0. The van der Waals surface area contributed by atoms with E-state index in [1.807, 2.05) is 0 Å². The molecule has 2 aromatic heterocycles. The molecule has 23 rings (SSSR count). The number of nitrogens with zero attached hydrogens (tertiary/aromatic N) is 4. The fraction of sp³-hybridized carbons (Fsp3) is 0. The van der Waals surface area contributed by atoms with E-state index >= 15 is 0 Å². The minimum absolute atomic E-state index is 1.10. The van der Waals surface area contributed by atoms with E-state index < -0.39 is 0 Å². The monoisotopic (exact) mass is 1550 g/mol. The minimum Gasteiger partial charge on any atom is -0.311 e. The third-order valence-electron chi connectivity index (χ3n) is 24.4. The van der Waals surface area contributed by atoms with Gasteiger partial charge in [0, 0.05) is 67.0 Å². The maximum atomic E-state index is 2.37. The predicted octanol–water partition coefficient (Wildman–Crippen LogP) is 32.8. The molecule has 0 amide bonds. The number of benzene rings is 21. The molecule has 0 spiro atoms. The van der Waals surface area contributed by atoms with E-state index in [1.54, 1.807) is 0 Å². The number of hydrogen-bond donors (Lipinski definition) is 0. The Kier molecular flexibility index (Phi) is 18.6. The highest BCUT2D eigenvalue weighted by Crippen LogP contribution is 2.49. The van der Waals surface area contributed by atoms with Gasteiger partial charge in [0.25, 0.3) is 0 Å². The van der Waals surface area contributed by atoms with Crippen molar-refractivity contribution in [3.8, 4) is 89.3 Å². The van der Waals surface area contributed by atoms with Crippen LogP contribution < -0.4 is 9.80 Å². The zero-order valence-corrected chi connectivity index (χ0v) is 67.0. The molecule has 0 N–H and O–H groups in total. The van der Waals surface area contributed by atoms with Crippen molar-refractivity contribution in [3.05, 3.63) is 485 Å². The van der Waals surface area contributed by atoms with E-state index in [0.29, 0.717) is 0 Å². The molecule has 23 aromatic rings. The number of aromatic nitrogens is 2. The Labute approximate surface area is 709 Å². The Hall–Kier alpha value is -16.1. The second-order valence-corrected chi connectivity index (χ2v) is 31.4. The third kappa shape index (κ3) is 13.1. The summed E-state index contributed by atoms with van der Waals surface area (Å²) in [6.07, 6.45) is 0. The molecule has 0 aliphatic rings. The third-order valence-corrected chi connectivity index (χ3v) is 24.4. The van der Waals surface area contributed by atoms with Gasteiger partial charge in [-0.3, -0.25) is 0 Å². The normalized spacial score (nSPS) is 11.4. The zero-order chi connectivity index (χ0) is 80.8. The largest absolute Gasteiger partial charge is 0.311 e. The number of rotatable bonds is 15. The van der Waals surface area contributed by atoms with E-state index in [0.717, 1.165) is 34.1 Å². The van der Waals surface area contributed by atoms with Gasteiger partial charge < -0.3 is 18.9 Å². The van der Waals surface area contributed by atoms with Crippen molar-refractivity contribution >= 4 is 121 Å². The van der Waals surface area contributed by atoms with Crippen molar-refractivity contribution in [2.75, 3.05) is 9.80 Å². The lowest BCUT2D eigenvalue weighted by Gasteiger charge is -2.26. The molecule has 0 aliphatic carbocycles. The van der Waals surface area contributed by atoms with Gasteiger partial charge in [0.2, 0.25) is 0 Å². The van der Waals surface area contributed by atoms with Crippen LogP contribution in [0.15, 0.2) is 485 Å². The van der Waals surface area contributed by atoms with Gasteiger partial charge >= 0.3 is 0 Å². The van der Waals surface area contributed by atoms with Crippen LogP contribution in [-0.2, 0) is 0 Å². The fourth-order valence-corrected chi connectivity index (χ4v) is 18.8. The van der Waals surface area contributed by atoms with Crippen molar-refractivity contribution in [2.24, 2.45) is 0 Å². The van der Waals surface area contributed by atoms with Crippen molar-refractivity contribution < 1.29 is 0 Å². The first kappa shape index (κ1) is 72.3. The van der Waals surface area contributed by atoms with Crippen molar-refractivity contribution in [1.82, 2.24) is 9.13 Å². The van der Waals surface area contributed by atoms with E-state index in [9.17, 15) is 0 Å². The maximum absolute atomic E-state index is 2.37. The Morgan fingerprint density at radius 1 is 0.123 bits per heavy atom. The molecule has 4 nitrogen and oxygen atoms in total. The van der Waals surface area contributed by atoms with E-state index in [4.69, 9.17) is 0 Å². The molecule has 0 saturated carbocycles. The second kappa shape index (κ2) is 31.4. The van der Waals surface area contributed by atoms with Crippen molar-refractivity contribution in [2.45, 2.75) is 0 Å². The standard InChI is InChI=1S/C62H42N2.C56H38N2/c1-4-16-46(17-5-1)61-54-23-10-12-25-56(54)62(57-26-13-11-24-55(57)61)47-30-28-43(29-31-47)44-32-37-51(38-33-44)63(49-18-6-2-7-19-49)52-39-34-45(35-40-52)48-36-41-60-58(42-48)53-22-14-15-27-59(53)64(60)50-20-8-3-9-21-50;1-4-16-40(17-5-1)55-48-23-10-12-25-50(48)56(51-26-13-11-24-49(51)55)41-30-35-46(36-31-41)57(43-18-6-2-7-19-43)45-33-28-39(29-34-45)42-32-37-54-52(38-42)47-22-14-15-27-53(47)58(54)44-20-8-3-9-21-44/h1-42H;1-38H. The van der Waals surface area contributed by atoms with E-state index in [1.165, 1.54) is 176 Å². The Bertz CT molecular complexity index is 7670. The van der Waals surface area contributed by atoms with Gasteiger partial charge in [-0.1, -0.05) is 352 Å². The van der Waals surface area contributed by atoms with Gasteiger partial charge in [-0.15, -0.1) is 0 Å². The maximum Gasteiger partial charge on any atom is 0.0541 e. The summed E-state index contributed by atoms with van der Waals surface area (Å²) in [5.41, 5.74) is 30.9. The number of anilines is 6. The topological polar surface area (TPSA) is 16.3 Å². The first-order valence-corrected chi connectivity index (χ1v) is 41.9. The zero-order valence-electron chi connectivity index (χ0n) is 67.0. The fourth-order valence-electron chi connectivity index (χ4n) is 18.8. The predicted molar refractivity (Wildman–Crippen MR) is 519 cm³/mol. The molecule has 21 aromatic carbocycles. The molecule has 122 heavy (non-hydrogen) atoms. The summed E-state index contributed by atoms with van der Waals surface area (Å²) in [6.45, 7) is 0. The Balaban J connectivity index is 0.000000146. The second-order valence-electron chi connectivity index (χ2n) is 31.4.